The molecule has 0 spiro atoms. The summed E-state index contributed by atoms with van der Waals surface area (Å²) in [5, 5.41) is 0.561. The highest BCUT2D eigenvalue weighted by Crippen LogP contribution is 2.37. The number of hydrogen-bond donors (Lipinski definition) is 1. The number of nitrogens with zero attached hydrogens (tertiary/aromatic N) is 1. The molecule has 3 rings (SSSR count). The monoisotopic (exact) mass is 374 g/mol. The molecule has 1 N–H and O–H groups in total. The lowest BCUT2D eigenvalue weighted by molar-refractivity contribution is 0.311. The zero-order valence-corrected chi connectivity index (χ0v) is 14.3. The number of aromatic amines is 1. The Morgan fingerprint density at radius 2 is 2.00 bits per heavy atom. The van der Waals surface area contributed by atoms with Gasteiger partial charge in [0.1, 0.15) is 5.82 Å². The maximum Gasteiger partial charge on any atom is 0.259 e. The molecule has 0 aliphatic heterocycles. The standard InChI is InChI=1S/C17H15BrN2O3/c1-3-23-15-8-11(12(18)9-14(15)22-2)16-19-13-7-5-4-6-10(13)17(21)20-16/h4-9H,3H2,1-2H3,(H,19,20,21). The van der Waals surface area contributed by atoms with Crippen molar-refractivity contribution in [1.82, 2.24) is 9.97 Å². The number of H-pyrrole nitrogens is 1. The molecular formula is C17H15BrN2O3. The fraction of sp³-hybridized carbons (Fsp3) is 0.176. The Hall–Kier alpha value is -2.34. The van der Waals surface area contributed by atoms with E-state index in [2.05, 4.69) is 25.9 Å². The van der Waals surface area contributed by atoms with Crippen molar-refractivity contribution in [2.45, 2.75) is 6.92 Å². The molecule has 118 valence electrons. The van der Waals surface area contributed by atoms with Crippen molar-refractivity contribution < 1.29 is 9.47 Å². The van der Waals surface area contributed by atoms with Crippen molar-refractivity contribution in [3.63, 3.8) is 0 Å². The smallest absolute Gasteiger partial charge is 0.259 e. The van der Waals surface area contributed by atoms with Crippen molar-refractivity contribution in [3.05, 3.63) is 51.2 Å². The Labute approximate surface area is 141 Å². The number of ether oxygens (including phenoxy) is 2. The molecule has 0 atom stereocenters. The van der Waals surface area contributed by atoms with Gasteiger partial charge in [-0.3, -0.25) is 4.79 Å². The summed E-state index contributed by atoms with van der Waals surface area (Å²) in [5.41, 5.74) is 1.20. The van der Waals surface area contributed by atoms with Gasteiger partial charge in [0.15, 0.2) is 11.5 Å². The molecule has 0 aliphatic rings. The molecule has 0 aliphatic carbocycles. The summed E-state index contributed by atoms with van der Waals surface area (Å²) < 4.78 is 11.7. The van der Waals surface area contributed by atoms with Gasteiger partial charge >= 0.3 is 0 Å². The van der Waals surface area contributed by atoms with Crippen LogP contribution in [0.15, 0.2) is 45.7 Å². The van der Waals surface area contributed by atoms with Crippen LogP contribution in [0, 0.1) is 0 Å². The fourth-order valence-corrected chi connectivity index (χ4v) is 2.87. The minimum atomic E-state index is -0.175. The van der Waals surface area contributed by atoms with Crippen molar-refractivity contribution in [1.29, 1.82) is 0 Å². The van der Waals surface area contributed by atoms with E-state index < -0.39 is 0 Å². The van der Waals surface area contributed by atoms with E-state index >= 15 is 0 Å². The van der Waals surface area contributed by atoms with Gasteiger partial charge in [0.05, 0.1) is 24.6 Å². The average Bonchev–Trinajstić information content (AvgIpc) is 2.56. The summed E-state index contributed by atoms with van der Waals surface area (Å²) >= 11 is 3.50. The summed E-state index contributed by atoms with van der Waals surface area (Å²) in [6.45, 7) is 2.41. The Kier molecular flexibility index (Phi) is 4.34. The van der Waals surface area contributed by atoms with Crippen molar-refractivity contribution >= 4 is 26.8 Å². The van der Waals surface area contributed by atoms with Crippen LogP contribution in [0.1, 0.15) is 6.92 Å². The molecule has 5 nitrogen and oxygen atoms in total. The normalized spacial score (nSPS) is 10.7. The number of halogens is 1. The molecule has 2 aromatic carbocycles. The Balaban J connectivity index is 2.22. The molecule has 0 amide bonds. The zero-order valence-electron chi connectivity index (χ0n) is 12.7. The van der Waals surface area contributed by atoms with Crippen LogP contribution < -0.4 is 15.0 Å². The second-order valence-electron chi connectivity index (χ2n) is 4.85. The molecule has 0 bridgehead atoms. The Morgan fingerprint density at radius 3 is 2.74 bits per heavy atom. The Bertz CT molecular complexity index is 921. The second kappa shape index (κ2) is 6.42. The molecule has 6 heteroatoms. The molecular weight excluding hydrogens is 360 g/mol. The SMILES string of the molecule is CCOc1cc(-c2nc3ccccc3c(=O)[nH]2)c(Br)cc1OC. The number of rotatable bonds is 4. The van der Waals surface area contributed by atoms with Crippen LogP contribution >= 0.6 is 15.9 Å². The van der Waals surface area contributed by atoms with Gasteiger partial charge in [-0.15, -0.1) is 0 Å². The van der Waals surface area contributed by atoms with Crippen molar-refractivity contribution in [2.24, 2.45) is 0 Å². The first-order chi connectivity index (χ1) is 11.1. The fourth-order valence-electron chi connectivity index (χ4n) is 2.36. The maximum atomic E-state index is 12.3. The minimum absolute atomic E-state index is 0.175. The van der Waals surface area contributed by atoms with Crippen LogP contribution in [0.5, 0.6) is 11.5 Å². The lowest BCUT2D eigenvalue weighted by Gasteiger charge is -2.13. The molecule has 0 saturated heterocycles. The van der Waals surface area contributed by atoms with E-state index in [9.17, 15) is 4.79 Å². The highest BCUT2D eigenvalue weighted by molar-refractivity contribution is 9.10. The molecule has 0 fully saturated rings. The quantitative estimate of drug-likeness (QED) is 0.754. The van der Waals surface area contributed by atoms with E-state index in [1.807, 2.05) is 25.1 Å². The van der Waals surface area contributed by atoms with Crippen LogP contribution in [0.25, 0.3) is 22.3 Å². The largest absolute Gasteiger partial charge is 0.493 e. The maximum absolute atomic E-state index is 12.3. The van der Waals surface area contributed by atoms with Gasteiger partial charge < -0.3 is 14.5 Å². The van der Waals surface area contributed by atoms with Gasteiger partial charge in [-0.05, 0) is 47.1 Å². The third-order valence-electron chi connectivity index (χ3n) is 3.42. The van der Waals surface area contributed by atoms with Crippen molar-refractivity contribution in [3.8, 4) is 22.9 Å². The van der Waals surface area contributed by atoms with Gasteiger partial charge in [-0.1, -0.05) is 12.1 Å². The van der Waals surface area contributed by atoms with E-state index in [-0.39, 0.29) is 5.56 Å². The predicted molar refractivity (Wildman–Crippen MR) is 93.2 cm³/mol. The number of aromatic nitrogens is 2. The van der Waals surface area contributed by atoms with Gasteiger partial charge in [-0.25, -0.2) is 4.98 Å². The summed E-state index contributed by atoms with van der Waals surface area (Å²) in [7, 11) is 1.58. The number of para-hydroxylation sites is 1. The van der Waals surface area contributed by atoms with Crippen LogP contribution in [-0.4, -0.2) is 23.7 Å². The third kappa shape index (κ3) is 2.94. The number of methoxy groups -OCH3 is 1. The molecule has 0 saturated carbocycles. The molecule has 0 unspecified atom stereocenters. The van der Waals surface area contributed by atoms with E-state index in [1.165, 1.54) is 0 Å². The van der Waals surface area contributed by atoms with Gasteiger partial charge in [0.25, 0.3) is 5.56 Å². The zero-order chi connectivity index (χ0) is 16.4. The number of benzene rings is 2. The van der Waals surface area contributed by atoms with E-state index in [0.717, 1.165) is 10.0 Å². The molecule has 1 aromatic heterocycles. The lowest BCUT2D eigenvalue weighted by Crippen LogP contribution is -2.09. The first-order valence-electron chi connectivity index (χ1n) is 7.13. The van der Waals surface area contributed by atoms with Crippen LogP contribution in [0.2, 0.25) is 0 Å². The first-order valence-corrected chi connectivity index (χ1v) is 7.93. The van der Waals surface area contributed by atoms with Gasteiger partial charge in [0, 0.05) is 10.0 Å². The van der Waals surface area contributed by atoms with Crippen LogP contribution in [0.3, 0.4) is 0 Å². The number of hydrogen-bond acceptors (Lipinski definition) is 4. The summed E-state index contributed by atoms with van der Waals surface area (Å²) in [4.78, 5) is 19.6. The highest BCUT2D eigenvalue weighted by Gasteiger charge is 2.14. The summed E-state index contributed by atoms with van der Waals surface area (Å²) in [5.74, 6) is 1.69. The van der Waals surface area contributed by atoms with Crippen LogP contribution in [0.4, 0.5) is 0 Å². The van der Waals surface area contributed by atoms with Gasteiger partial charge in [-0.2, -0.15) is 0 Å². The average molecular weight is 375 g/mol. The third-order valence-corrected chi connectivity index (χ3v) is 4.08. The van der Waals surface area contributed by atoms with E-state index in [4.69, 9.17) is 9.47 Å². The first kappa shape index (κ1) is 15.6. The second-order valence-corrected chi connectivity index (χ2v) is 5.70. The van der Waals surface area contributed by atoms with E-state index in [1.54, 1.807) is 25.3 Å². The molecule has 1 heterocycles. The number of nitrogens with one attached hydrogen (secondary N) is 1. The summed E-state index contributed by atoms with van der Waals surface area (Å²) in [6, 6.07) is 10.8. The predicted octanol–water partition coefficient (Wildman–Crippen LogP) is 3.76. The van der Waals surface area contributed by atoms with Crippen LogP contribution in [-0.2, 0) is 0 Å². The molecule has 0 radical (unpaired) electrons. The number of fused-ring (bicyclic) bond motifs is 1. The molecule has 3 aromatic rings. The highest BCUT2D eigenvalue weighted by atomic mass is 79.9. The Morgan fingerprint density at radius 1 is 1.22 bits per heavy atom. The van der Waals surface area contributed by atoms with E-state index in [0.29, 0.717) is 34.8 Å². The topological polar surface area (TPSA) is 64.2 Å². The van der Waals surface area contributed by atoms with Gasteiger partial charge in [0.2, 0.25) is 0 Å². The minimum Gasteiger partial charge on any atom is -0.493 e. The lowest BCUT2D eigenvalue weighted by atomic mass is 10.1. The summed E-state index contributed by atoms with van der Waals surface area (Å²) in [6.07, 6.45) is 0. The molecule has 23 heavy (non-hydrogen) atoms. The van der Waals surface area contributed by atoms with Crippen molar-refractivity contribution in [2.75, 3.05) is 13.7 Å².